The Hall–Kier alpha value is -1.79. The second kappa shape index (κ2) is 9.95. The highest BCUT2D eigenvalue weighted by molar-refractivity contribution is 6.30. The summed E-state index contributed by atoms with van der Waals surface area (Å²) < 4.78 is 11.8. The minimum atomic E-state index is -0.992. The van der Waals surface area contributed by atoms with Crippen molar-refractivity contribution in [1.82, 2.24) is 10.2 Å². The molecule has 0 fully saturated rings. The first-order valence-electron chi connectivity index (χ1n) is 8.63. The van der Waals surface area contributed by atoms with Gasteiger partial charge in [-0.3, -0.25) is 4.79 Å². The second-order valence-corrected chi connectivity index (χ2v) is 6.94. The van der Waals surface area contributed by atoms with Gasteiger partial charge in [0.05, 0.1) is 0 Å². The fourth-order valence-corrected chi connectivity index (χ4v) is 3.04. The maximum absolute atomic E-state index is 12.5. The SMILES string of the molecule is CN(C)CCCNC(=O)C1Oc2ccc(Cl)cc2C(c2ccccc2)O1.Cl. The normalized spacial score (nSPS) is 18.2. The van der Waals surface area contributed by atoms with Gasteiger partial charge in [-0.05, 0) is 50.8 Å². The third kappa shape index (κ3) is 5.59. The van der Waals surface area contributed by atoms with E-state index in [0.29, 0.717) is 17.3 Å². The number of rotatable bonds is 6. The molecule has 5 nitrogen and oxygen atoms in total. The molecular weight excluding hydrogens is 387 g/mol. The lowest BCUT2D eigenvalue weighted by Gasteiger charge is -2.32. The minimum absolute atomic E-state index is 0. The Labute approximate surface area is 171 Å². The van der Waals surface area contributed by atoms with Crippen molar-refractivity contribution in [2.75, 3.05) is 27.2 Å². The van der Waals surface area contributed by atoms with Crippen LogP contribution in [0.4, 0.5) is 0 Å². The van der Waals surface area contributed by atoms with E-state index in [4.69, 9.17) is 21.1 Å². The smallest absolute Gasteiger partial charge is 0.289 e. The van der Waals surface area contributed by atoms with E-state index < -0.39 is 12.4 Å². The number of amides is 1. The highest BCUT2D eigenvalue weighted by Crippen LogP contribution is 2.39. The largest absolute Gasteiger partial charge is 0.455 e. The van der Waals surface area contributed by atoms with Gasteiger partial charge in [-0.2, -0.15) is 0 Å². The van der Waals surface area contributed by atoms with E-state index in [9.17, 15) is 4.79 Å². The van der Waals surface area contributed by atoms with Gasteiger partial charge < -0.3 is 19.7 Å². The van der Waals surface area contributed by atoms with Crippen molar-refractivity contribution in [2.45, 2.75) is 18.8 Å². The van der Waals surface area contributed by atoms with Crippen LogP contribution in [0, 0.1) is 0 Å². The third-order valence-electron chi connectivity index (χ3n) is 4.15. The molecule has 0 saturated carbocycles. The molecule has 1 heterocycles. The topological polar surface area (TPSA) is 50.8 Å². The molecule has 0 aliphatic carbocycles. The Balaban J connectivity index is 0.00000261. The van der Waals surface area contributed by atoms with E-state index >= 15 is 0 Å². The number of halogens is 2. The summed E-state index contributed by atoms with van der Waals surface area (Å²) in [5.74, 6) is 0.341. The van der Waals surface area contributed by atoms with Crippen LogP contribution in [0.15, 0.2) is 48.5 Å². The van der Waals surface area contributed by atoms with Gasteiger partial charge in [0.25, 0.3) is 12.2 Å². The minimum Gasteiger partial charge on any atom is -0.455 e. The molecule has 1 aliphatic heterocycles. The second-order valence-electron chi connectivity index (χ2n) is 6.51. The first kappa shape index (κ1) is 21.5. The summed E-state index contributed by atoms with van der Waals surface area (Å²) in [6, 6.07) is 15.1. The average Bonchev–Trinajstić information content (AvgIpc) is 2.64. The number of nitrogens with zero attached hydrogens (tertiary/aromatic N) is 1. The van der Waals surface area contributed by atoms with Crippen LogP contribution in [0.2, 0.25) is 5.02 Å². The third-order valence-corrected chi connectivity index (χ3v) is 4.38. The molecule has 2 aromatic carbocycles. The van der Waals surface area contributed by atoms with E-state index in [1.54, 1.807) is 12.1 Å². The van der Waals surface area contributed by atoms with Crippen LogP contribution in [-0.2, 0) is 9.53 Å². The van der Waals surface area contributed by atoms with E-state index in [1.165, 1.54) is 0 Å². The van der Waals surface area contributed by atoms with E-state index in [0.717, 1.165) is 24.1 Å². The van der Waals surface area contributed by atoms with Crippen molar-refractivity contribution < 1.29 is 14.3 Å². The molecule has 7 heteroatoms. The Morgan fingerprint density at radius 2 is 1.93 bits per heavy atom. The molecule has 1 aliphatic rings. The van der Waals surface area contributed by atoms with Crippen molar-refractivity contribution in [1.29, 1.82) is 0 Å². The molecule has 1 amide bonds. The molecule has 0 radical (unpaired) electrons. The summed E-state index contributed by atoms with van der Waals surface area (Å²) in [5.41, 5.74) is 1.77. The van der Waals surface area contributed by atoms with Crippen LogP contribution in [0.25, 0.3) is 0 Å². The first-order valence-corrected chi connectivity index (χ1v) is 9.01. The summed E-state index contributed by atoms with van der Waals surface area (Å²) in [5, 5.41) is 3.48. The Morgan fingerprint density at radius 3 is 2.63 bits per heavy atom. The lowest BCUT2D eigenvalue weighted by atomic mass is 9.99. The molecule has 146 valence electrons. The molecule has 0 bridgehead atoms. The van der Waals surface area contributed by atoms with Crippen molar-refractivity contribution >= 4 is 29.9 Å². The molecule has 0 spiro atoms. The van der Waals surface area contributed by atoms with Gasteiger partial charge in [-0.15, -0.1) is 12.4 Å². The number of nitrogens with one attached hydrogen (secondary N) is 1. The monoisotopic (exact) mass is 410 g/mol. The quantitative estimate of drug-likeness (QED) is 0.738. The van der Waals surface area contributed by atoms with Crippen LogP contribution in [0.3, 0.4) is 0 Å². The van der Waals surface area contributed by atoms with Gasteiger partial charge in [0.15, 0.2) is 0 Å². The van der Waals surface area contributed by atoms with Crippen LogP contribution >= 0.6 is 24.0 Å². The zero-order valence-corrected chi connectivity index (χ0v) is 16.9. The van der Waals surface area contributed by atoms with Crippen molar-refractivity contribution in [3.05, 3.63) is 64.7 Å². The molecule has 2 unspecified atom stereocenters. The van der Waals surface area contributed by atoms with Gasteiger partial charge in [0.2, 0.25) is 0 Å². The summed E-state index contributed by atoms with van der Waals surface area (Å²) in [6.07, 6.45) is -0.538. The van der Waals surface area contributed by atoms with Crippen molar-refractivity contribution in [3.63, 3.8) is 0 Å². The maximum atomic E-state index is 12.5. The van der Waals surface area contributed by atoms with Crippen molar-refractivity contribution in [2.24, 2.45) is 0 Å². The summed E-state index contributed by atoms with van der Waals surface area (Å²) in [4.78, 5) is 14.6. The number of hydrogen-bond acceptors (Lipinski definition) is 4. The fraction of sp³-hybridized carbons (Fsp3) is 0.350. The summed E-state index contributed by atoms with van der Waals surface area (Å²) >= 11 is 6.14. The Kier molecular flexibility index (Phi) is 7.92. The highest BCUT2D eigenvalue weighted by Gasteiger charge is 2.34. The van der Waals surface area contributed by atoms with Gasteiger partial charge in [0.1, 0.15) is 11.9 Å². The Morgan fingerprint density at radius 1 is 1.19 bits per heavy atom. The molecule has 0 aromatic heterocycles. The number of fused-ring (bicyclic) bond motifs is 1. The maximum Gasteiger partial charge on any atom is 0.289 e. The highest BCUT2D eigenvalue weighted by atomic mass is 35.5. The summed E-state index contributed by atoms with van der Waals surface area (Å²) in [6.45, 7) is 1.48. The van der Waals surface area contributed by atoms with E-state index in [-0.39, 0.29) is 18.3 Å². The van der Waals surface area contributed by atoms with Crippen LogP contribution < -0.4 is 10.1 Å². The van der Waals surface area contributed by atoms with Crippen molar-refractivity contribution in [3.8, 4) is 5.75 Å². The van der Waals surface area contributed by atoms with Gasteiger partial charge in [-0.1, -0.05) is 41.9 Å². The first-order chi connectivity index (χ1) is 12.5. The van der Waals surface area contributed by atoms with E-state index in [2.05, 4.69) is 10.2 Å². The molecule has 2 atom stereocenters. The summed E-state index contributed by atoms with van der Waals surface area (Å²) in [7, 11) is 4.00. The average molecular weight is 411 g/mol. The zero-order chi connectivity index (χ0) is 18.5. The fourth-order valence-electron chi connectivity index (χ4n) is 2.86. The number of carbonyl (C=O) groups excluding carboxylic acids is 1. The lowest BCUT2D eigenvalue weighted by molar-refractivity contribution is -0.165. The molecule has 2 aromatic rings. The zero-order valence-electron chi connectivity index (χ0n) is 15.4. The Bertz CT molecular complexity index is 756. The predicted octanol–water partition coefficient (Wildman–Crippen LogP) is 3.65. The number of carbonyl (C=O) groups is 1. The number of benzene rings is 2. The predicted molar refractivity (Wildman–Crippen MR) is 109 cm³/mol. The number of hydrogen-bond donors (Lipinski definition) is 1. The molecule has 0 saturated heterocycles. The van der Waals surface area contributed by atoms with Crippen LogP contribution in [0.5, 0.6) is 5.75 Å². The van der Waals surface area contributed by atoms with Gasteiger partial charge in [0, 0.05) is 17.1 Å². The number of ether oxygens (including phenoxy) is 2. The van der Waals surface area contributed by atoms with Gasteiger partial charge >= 0.3 is 0 Å². The lowest BCUT2D eigenvalue weighted by Crippen LogP contribution is -2.43. The molecule has 3 rings (SSSR count). The standard InChI is InChI=1S/C20H23ClN2O3.ClH/c1-23(2)12-6-11-22-19(24)20-25-17-10-9-15(21)13-16(17)18(26-20)14-7-4-3-5-8-14;/h3-5,7-10,13,18,20H,6,11-12H2,1-2H3,(H,22,24);1H. The van der Waals surface area contributed by atoms with Crippen LogP contribution in [-0.4, -0.2) is 44.3 Å². The molecule has 1 N–H and O–H groups in total. The van der Waals surface area contributed by atoms with Crippen LogP contribution in [0.1, 0.15) is 23.7 Å². The van der Waals surface area contributed by atoms with Gasteiger partial charge in [-0.25, -0.2) is 0 Å². The molecule has 27 heavy (non-hydrogen) atoms. The molecular formula is C20H24Cl2N2O3. The van der Waals surface area contributed by atoms with E-state index in [1.807, 2.05) is 50.5 Å².